The van der Waals surface area contributed by atoms with Crippen LogP contribution in [0.4, 0.5) is 0 Å². The van der Waals surface area contributed by atoms with Crippen LogP contribution < -0.4 is 5.32 Å². The molecule has 2 aliphatic rings. The van der Waals surface area contributed by atoms with Gasteiger partial charge in [0.15, 0.2) is 0 Å². The Morgan fingerprint density at radius 1 is 0.966 bits per heavy atom. The predicted octanol–water partition coefficient (Wildman–Crippen LogP) is 3.21. The predicted molar refractivity (Wildman–Crippen MR) is 115 cm³/mol. The van der Waals surface area contributed by atoms with E-state index in [-0.39, 0.29) is 24.3 Å². The number of rotatable bonds is 6. The molecule has 158 valence electrons. The van der Waals surface area contributed by atoms with E-state index < -0.39 is 0 Å². The zero-order chi connectivity index (χ0) is 20.6. The molecule has 1 aliphatic heterocycles. The van der Waals surface area contributed by atoms with E-state index in [0.717, 1.165) is 10.9 Å². The van der Waals surface area contributed by atoms with E-state index in [1.54, 1.807) is 23.1 Å². The van der Waals surface area contributed by atoms with Gasteiger partial charge in [-0.05, 0) is 30.5 Å². The SMILES string of the molecule is O=C(NCC(=O)N1CCN(C(=O)CCC2CCCCC2)CC1)c1cccc(Br)c1. The number of carbonyl (C=O) groups excluding carboxylic acids is 3. The van der Waals surface area contributed by atoms with Gasteiger partial charge in [0, 0.05) is 42.6 Å². The third-order valence-corrected chi connectivity index (χ3v) is 6.46. The van der Waals surface area contributed by atoms with Gasteiger partial charge < -0.3 is 15.1 Å². The molecule has 0 atom stereocenters. The van der Waals surface area contributed by atoms with Crippen molar-refractivity contribution < 1.29 is 14.4 Å². The van der Waals surface area contributed by atoms with Gasteiger partial charge in [-0.1, -0.05) is 54.1 Å². The standard InChI is InChI=1S/C22H30BrN3O3/c23-19-8-4-7-18(15-19)22(29)24-16-21(28)26-13-11-25(12-14-26)20(27)10-9-17-5-2-1-3-6-17/h4,7-8,15,17H,1-3,5-6,9-14,16H2,(H,24,29). The number of carbonyl (C=O) groups is 3. The van der Waals surface area contributed by atoms with E-state index in [4.69, 9.17) is 0 Å². The number of nitrogens with one attached hydrogen (secondary N) is 1. The average molecular weight is 464 g/mol. The smallest absolute Gasteiger partial charge is 0.251 e. The van der Waals surface area contributed by atoms with Gasteiger partial charge in [-0.2, -0.15) is 0 Å². The maximum absolute atomic E-state index is 12.5. The van der Waals surface area contributed by atoms with Gasteiger partial charge in [0.1, 0.15) is 0 Å². The molecule has 0 unspecified atom stereocenters. The molecule has 6 nitrogen and oxygen atoms in total. The molecule has 0 spiro atoms. The summed E-state index contributed by atoms with van der Waals surface area (Å²) < 4.78 is 0.820. The van der Waals surface area contributed by atoms with E-state index in [1.165, 1.54) is 32.1 Å². The molecule has 0 aromatic heterocycles. The highest BCUT2D eigenvalue weighted by Gasteiger charge is 2.25. The fourth-order valence-corrected chi connectivity index (χ4v) is 4.57. The van der Waals surface area contributed by atoms with Crippen LogP contribution in [0.25, 0.3) is 0 Å². The fraction of sp³-hybridized carbons (Fsp3) is 0.591. The third-order valence-electron chi connectivity index (χ3n) is 5.96. The summed E-state index contributed by atoms with van der Waals surface area (Å²) in [5, 5.41) is 2.68. The molecule has 1 aliphatic carbocycles. The lowest BCUT2D eigenvalue weighted by molar-refractivity contribution is -0.139. The number of piperazine rings is 1. The fourth-order valence-electron chi connectivity index (χ4n) is 4.17. The van der Waals surface area contributed by atoms with Gasteiger partial charge in [0.2, 0.25) is 11.8 Å². The minimum atomic E-state index is -0.267. The minimum Gasteiger partial charge on any atom is -0.343 e. The van der Waals surface area contributed by atoms with Crippen LogP contribution in [0, 0.1) is 5.92 Å². The zero-order valence-corrected chi connectivity index (χ0v) is 18.5. The first-order valence-corrected chi connectivity index (χ1v) is 11.4. The van der Waals surface area contributed by atoms with Crippen molar-refractivity contribution in [2.45, 2.75) is 44.9 Å². The topological polar surface area (TPSA) is 69.7 Å². The highest BCUT2D eigenvalue weighted by Crippen LogP contribution is 2.27. The molecule has 2 fully saturated rings. The Morgan fingerprint density at radius 3 is 2.28 bits per heavy atom. The number of hydrogen-bond acceptors (Lipinski definition) is 3. The number of benzene rings is 1. The molecule has 1 N–H and O–H groups in total. The van der Waals surface area contributed by atoms with Crippen LogP contribution in [0.3, 0.4) is 0 Å². The van der Waals surface area contributed by atoms with Crippen LogP contribution in [0.1, 0.15) is 55.3 Å². The number of halogens is 1. The lowest BCUT2D eigenvalue weighted by Crippen LogP contribution is -2.52. The molecule has 1 heterocycles. The molecule has 1 aromatic carbocycles. The Balaban J connectivity index is 1.36. The first kappa shape index (κ1) is 21.8. The molecule has 3 rings (SSSR count). The lowest BCUT2D eigenvalue weighted by atomic mass is 9.86. The summed E-state index contributed by atoms with van der Waals surface area (Å²) in [6.45, 7) is 2.19. The second kappa shape index (κ2) is 10.8. The summed E-state index contributed by atoms with van der Waals surface area (Å²) >= 11 is 3.34. The molecule has 1 saturated heterocycles. The quantitative estimate of drug-likeness (QED) is 0.703. The first-order chi connectivity index (χ1) is 14.0. The van der Waals surface area contributed by atoms with E-state index in [0.29, 0.717) is 44.1 Å². The van der Waals surface area contributed by atoms with E-state index in [2.05, 4.69) is 21.2 Å². The Bertz CT molecular complexity index is 726. The van der Waals surface area contributed by atoms with Crippen molar-refractivity contribution in [1.82, 2.24) is 15.1 Å². The molecule has 0 radical (unpaired) electrons. The molecular formula is C22H30BrN3O3. The number of hydrogen-bond donors (Lipinski definition) is 1. The van der Waals surface area contributed by atoms with Gasteiger partial charge in [0.25, 0.3) is 5.91 Å². The number of amides is 3. The largest absolute Gasteiger partial charge is 0.343 e. The Morgan fingerprint density at radius 2 is 1.62 bits per heavy atom. The van der Waals surface area contributed by atoms with Crippen LogP contribution in [0.15, 0.2) is 28.7 Å². The van der Waals surface area contributed by atoms with Crippen molar-refractivity contribution in [3.8, 4) is 0 Å². The summed E-state index contributed by atoms with van der Waals surface area (Å²) in [5.41, 5.74) is 0.514. The highest BCUT2D eigenvalue weighted by molar-refractivity contribution is 9.10. The van der Waals surface area contributed by atoms with Gasteiger partial charge in [-0.25, -0.2) is 0 Å². The molecule has 1 aromatic rings. The molecule has 1 saturated carbocycles. The van der Waals surface area contributed by atoms with E-state index >= 15 is 0 Å². The summed E-state index contributed by atoms with van der Waals surface area (Å²) in [7, 11) is 0. The lowest BCUT2D eigenvalue weighted by Gasteiger charge is -2.35. The van der Waals surface area contributed by atoms with Crippen LogP contribution in [0.5, 0.6) is 0 Å². The third kappa shape index (κ3) is 6.56. The normalized spacial score (nSPS) is 17.8. The van der Waals surface area contributed by atoms with Crippen LogP contribution in [-0.2, 0) is 9.59 Å². The van der Waals surface area contributed by atoms with Gasteiger partial charge in [-0.3, -0.25) is 14.4 Å². The van der Waals surface area contributed by atoms with Gasteiger partial charge in [0.05, 0.1) is 6.54 Å². The monoisotopic (exact) mass is 463 g/mol. The van der Waals surface area contributed by atoms with Crippen molar-refractivity contribution in [3.63, 3.8) is 0 Å². The summed E-state index contributed by atoms with van der Waals surface area (Å²) in [5.74, 6) is 0.550. The van der Waals surface area contributed by atoms with Crippen molar-refractivity contribution >= 4 is 33.7 Å². The van der Waals surface area contributed by atoms with Crippen LogP contribution >= 0.6 is 15.9 Å². The molecule has 3 amide bonds. The van der Waals surface area contributed by atoms with Crippen LogP contribution in [0.2, 0.25) is 0 Å². The molecular weight excluding hydrogens is 434 g/mol. The van der Waals surface area contributed by atoms with Crippen LogP contribution in [-0.4, -0.2) is 60.2 Å². The molecule has 0 bridgehead atoms. The Kier molecular flexibility index (Phi) is 8.09. The highest BCUT2D eigenvalue weighted by atomic mass is 79.9. The average Bonchev–Trinajstić information content (AvgIpc) is 2.76. The second-order valence-corrected chi connectivity index (χ2v) is 8.91. The first-order valence-electron chi connectivity index (χ1n) is 10.6. The van der Waals surface area contributed by atoms with Crippen molar-refractivity contribution in [2.24, 2.45) is 5.92 Å². The maximum Gasteiger partial charge on any atom is 0.251 e. The van der Waals surface area contributed by atoms with Crippen molar-refractivity contribution in [2.75, 3.05) is 32.7 Å². The van der Waals surface area contributed by atoms with Crippen molar-refractivity contribution in [3.05, 3.63) is 34.3 Å². The zero-order valence-electron chi connectivity index (χ0n) is 16.9. The Hall–Kier alpha value is -1.89. The number of nitrogens with zero attached hydrogens (tertiary/aromatic N) is 2. The van der Waals surface area contributed by atoms with Crippen molar-refractivity contribution in [1.29, 1.82) is 0 Å². The van der Waals surface area contributed by atoms with E-state index in [9.17, 15) is 14.4 Å². The molecule has 7 heteroatoms. The van der Waals surface area contributed by atoms with E-state index in [1.807, 2.05) is 11.0 Å². The summed E-state index contributed by atoms with van der Waals surface area (Å²) in [4.78, 5) is 40.7. The van der Waals surface area contributed by atoms with Gasteiger partial charge in [-0.15, -0.1) is 0 Å². The second-order valence-electron chi connectivity index (χ2n) is 8.00. The Labute approximate surface area is 181 Å². The summed E-state index contributed by atoms with van der Waals surface area (Å²) in [6.07, 6.45) is 8.10. The molecule has 29 heavy (non-hydrogen) atoms. The maximum atomic E-state index is 12.5. The van der Waals surface area contributed by atoms with Gasteiger partial charge >= 0.3 is 0 Å². The minimum absolute atomic E-state index is 0.0268. The summed E-state index contributed by atoms with van der Waals surface area (Å²) in [6, 6.07) is 7.06.